The molecule has 4 heteroatoms. The minimum atomic E-state index is -2.41. The Morgan fingerprint density at radius 3 is 2.00 bits per heavy atom. The summed E-state index contributed by atoms with van der Waals surface area (Å²) in [5.74, 6) is 0.420. The molecule has 16 heavy (non-hydrogen) atoms. The van der Waals surface area contributed by atoms with Crippen LogP contribution in [0.1, 0.15) is 34.6 Å². The number of esters is 1. The average Bonchev–Trinajstić information content (AvgIpc) is 2.26. The quantitative estimate of drug-likeness (QED) is 0.309. The van der Waals surface area contributed by atoms with E-state index in [0.717, 1.165) is 19.1 Å². The topological polar surface area (TPSA) is 35.5 Å². The molecule has 0 heterocycles. The van der Waals surface area contributed by atoms with Crippen LogP contribution in [0.2, 0.25) is 13.3 Å². The molecule has 0 aliphatic rings. The molecule has 0 N–H and O–H groups in total. The van der Waals surface area contributed by atoms with Crippen molar-refractivity contribution in [3.8, 4) is 0 Å². The van der Waals surface area contributed by atoms with Crippen molar-refractivity contribution in [2.24, 2.45) is 0 Å². The summed E-state index contributed by atoms with van der Waals surface area (Å²) in [5.41, 5.74) is 0. The molecule has 0 aliphatic carbocycles. The second kappa shape index (κ2) is 7.98. The fourth-order valence-electron chi connectivity index (χ4n) is 1.69. The first-order chi connectivity index (χ1) is 7.53. The van der Waals surface area contributed by atoms with Crippen LogP contribution < -0.4 is 0 Å². The Morgan fingerprint density at radius 2 is 1.62 bits per heavy atom. The maximum absolute atomic E-state index is 11.2. The van der Waals surface area contributed by atoms with E-state index in [0.29, 0.717) is 6.61 Å². The third-order valence-corrected chi connectivity index (χ3v) is 16.1. The molecular formula is C12H24O3Sn. The second-order valence-electron chi connectivity index (χ2n) is 3.85. The minimum absolute atomic E-state index is 0.302. The molecule has 0 fully saturated rings. The predicted molar refractivity (Wildman–Crippen MR) is 68.7 cm³/mol. The molecular weight excluding hydrogens is 311 g/mol. The Labute approximate surface area is 104 Å². The molecule has 0 bridgehead atoms. The maximum atomic E-state index is 11.2. The van der Waals surface area contributed by atoms with E-state index in [4.69, 9.17) is 7.81 Å². The van der Waals surface area contributed by atoms with Crippen LogP contribution in [0.4, 0.5) is 0 Å². The number of hydrogen-bond donors (Lipinski definition) is 0. The van der Waals surface area contributed by atoms with Gasteiger partial charge in [0.25, 0.3) is 0 Å². The van der Waals surface area contributed by atoms with E-state index in [2.05, 4.69) is 20.8 Å². The molecule has 0 radical (unpaired) electrons. The molecule has 0 atom stereocenters. The fourth-order valence-corrected chi connectivity index (χ4v) is 9.32. The molecule has 0 aromatic heterocycles. The average molecular weight is 335 g/mol. The zero-order valence-corrected chi connectivity index (χ0v) is 14.0. The molecule has 94 valence electrons. The number of rotatable bonds is 7. The Hall–Kier alpha value is -0.191. The molecule has 0 unspecified atom stereocenters. The van der Waals surface area contributed by atoms with Gasteiger partial charge in [0.2, 0.25) is 0 Å². The van der Waals surface area contributed by atoms with Crippen LogP contribution >= 0.6 is 0 Å². The summed E-state index contributed by atoms with van der Waals surface area (Å²) in [6.07, 6.45) is 1.47. The molecule has 0 rings (SSSR count). The van der Waals surface area contributed by atoms with Crippen LogP contribution in [0.15, 0.2) is 11.8 Å². The van der Waals surface area contributed by atoms with E-state index in [-0.39, 0.29) is 5.97 Å². The fraction of sp³-hybridized carbons (Fsp3) is 0.750. The first kappa shape index (κ1) is 15.8. The summed E-state index contributed by atoms with van der Waals surface area (Å²) in [5, 5.41) is 0. The van der Waals surface area contributed by atoms with Gasteiger partial charge in [0.1, 0.15) is 0 Å². The summed E-state index contributed by atoms with van der Waals surface area (Å²) < 4.78 is 14.4. The molecule has 0 aliphatic heterocycles. The van der Waals surface area contributed by atoms with E-state index >= 15 is 0 Å². The van der Waals surface area contributed by atoms with Crippen molar-refractivity contribution in [2.45, 2.75) is 47.9 Å². The van der Waals surface area contributed by atoms with Crippen molar-refractivity contribution in [2.75, 3.05) is 6.61 Å². The van der Waals surface area contributed by atoms with E-state index in [1.54, 1.807) is 6.92 Å². The van der Waals surface area contributed by atoms with Crippen molar-refractivity contribution in [3.63, 3.8) is 0 Å². The first-order valence-corrected chi connectivity index (χ1v) is 13.3. The van der Waals surface area contributed by atoms with Crippen molar-refractivity contribution in [1.82, 2.24) is 0 Å². The zero-order chi connectivity index (χ0) is 12.6. The van der Waals surface area contributed by atoms with Gasteiger partial charge in [-0.25, -0.2) is 0 Å². The van der Waals surface area contributed by atoms with Crippen LogP contribution in [-0.4, -0.2) is 31.4 Å². The Balaban J connectivity index is 4.50. The predicted octanol–water partition coefficient (Wildman–Crippen LogP) is 3.48. The van der Waals surface area contributed by atoms with Gasteiger partial charge in [-0.2, -0.15) is 0 Å². The number of allylic oxidation sites excluding steroid dienone is 1. The molecule has 0 saturated carbocycles. The third-order valence-electron chi connectivity index (χ3n) is 2.92. The number of carbonyl (C=O) groups is 1. The summed E-state index contributed by atoms with van der Waals surface area (Å²) >= 11 is -2.41. The van der Waals surface area contributed by atoms with E-state index in [9.17, 15) is 4.79 Å². The third kappa shape index (κ3) is 5.23. The SMILES string of the molecule is CCOC(=O)C=C(C)[O][Sn]([CH2]C)([CH2]C)[CH2]C. The summed E-state index contributed by atoms with van der Waals surface area (Å²) in [6, 6.07) is 0. The van der Waals surface area contributed by atoms with Crippen molar-refractivity contribution in [3.05, 3.63) is 11.8 Å². The van der Waals surface area contributed by atoms with Crippen LogP contribution in [0, 0.1) is 0 Å². The van der Waals surface area contributed by atoms with Gasteiger partial charge in [-0.1, -0.05) is 0 Å². The van der Waals surface area contributed by atoms with Crippen molar-refractivity contribution < 1.29 is 12.6 Å². The molecule has 0 spiro atoms. The van der Waals surface area contributed by atoms with E-state index in [1.807, 2.05) is 6.92 Å². The van der Waals surface area contributed by atoms with Gasteiger partial charge < -0.3 is 0 Å². The van der Waals surface area contributed by atoms with E-state index < -0.39 is 18.8 Å². The van der Waals surface area contributed by atoms with E-state index in [1.165, 1.54) is 6.08 Å². The number of carbonyl (C=O) groups excluding carboxylic acids is 1. The molecule has 0 aromatic rings. The van der Waals surface area contributed by atoms with Gasteiger partial charge in [-0.05, 0) is 0 Å². The normalized spacial score (nSPS) is 12.4. The monoisotopic (exact) mass is 336 g/mol. The zero-order valence-electron chi connectivity index (χ0n) is 11.1. The standard InChI is InChI=1S/C6H10O3.3C2H5.Sn/c1-3-9-6(8)4-5(2)7;3*1-2;/h4,7H,3H2,1-2H3;3*1H2,2H3;/q;;;;+1/p-1. The first-order valence-electron chi connectivity index (χ1n) is 6.07. The Bertz CT molecular complexity index is 236. The number of ether oxygens (including phenoxy) is 1. The summed E-state index contributed by atoms with van der Waals surface area (Å²) in [6.45, 7) is 10.6. The summed E-state index contributed by atoms with van der Waals surface area (Å²) in [7, 11) is 0. The van der Waals surface area contributed by atoms with Gasteiger partial charge >= 0.3 is 104 Å². The van der Waals surface area contributed by atoms with Crippen LogP contribution in [0.3, 0.4) is 0 Å². The van der Waals surface area contributed by atoms with Crippen LogP contribution in [0.5, 0.6) is 0 Å². The van der Waals surface area contributed by atoms with Gasteiger partial charge in [0.15, 0.2) is 0 Å². The molecule has 0 saturated heterocycles. The van der Waals surface area contributed by atoms with Gasteiger partial charge in [-0.3, -0.25) is 0 Å². The Morgan fingerprint density at radius 1 is 1.12 bits per heavy atom. The Kier molecular flexibility index (Phi) is 7.89. The second-order valence-corrected chi connectivity index (χ2v) is 17.2. The van der Waals surface area contributed by atoms with Crippen LogP contribution in [0.25, 0.3) is 0 Å². The van der Waals surface area contributed by atoms with Crippen LogP contribution in [-0.2, 0) is 12.6 Å². The number of hydrogen-bond acceptors (Lipinski definition) is 3. The molecule has 3 nitrogen and oxygen atoms in total. The van der Waals surface area contributed by atoms with Gasteiger partial charge in [-0.15, -0.1) is 0 Å². The molecule has 0 amide bonds. The summed E-state index contributed by atoms with van der Waals surface area (Å²) in [4.78, 5) is 11.2. The molecule has 0 aromatic carbocycles. The van der Waals surface area contributed by atoms with Crippen molar-refractivity contribution in [1.29, 1.82) is 0 Å². The van der Waals surface area contributed by atoms with Gasteiger partial charge in [0, 0.05) is 0 Å². The van der Waals surface area contributed by atoms with Crippen molar-refractivity contribution >= 4 is 24.8 Å². The van der Waals surface area contributed by atoms with Gasteiger partial charge in [0.05, 0.1) is 0 Å².